The van der Waals surface area contributed by atoms with E-state index >= 15 is 0 Å². The summed E-state index contributed by atoms with van der Waals surface area (Å²) in [6.45, 7) is 2.11. The molecule has 1 fully saturated rings. The molecule has 0 spiro atoms. The van der Waals surface area contributed by atoms with Gasteiger partial charge in [0.15, 0.2) is 0 Å². The van der Waals surface area contributed by atoms with E-state index in [4.69, 9.17) is 9.47 Å². The molecule has 1 heterocycles. The van der Waals surface area contributed by atoms with E-state index in [0.717, 1.165) is 12.0 Å². The molecule has 1 saturated heterocycles. The predicted molar refractivity (Wildman–Crippen MR) is 102 cm³/mol. The number of nitrogens with one attached hydrogen (secondary N) is 1. The lowest BCUT2D eigenvalue weighted by Gasteiger charge is -2.27. The summed E-state index contributed by atoms with van der Waals surface area (Å²) in [5.74, 6) is 0.996. The van der Waals surface area contributed by atoms with E-state index < -0.39 is 11.6 Å². The van der Waals surface area contributed by atoms with E-state index in [1.54, 1.807) is 32.4 Å². The van der Waals surface area contributed by atoms with Gasteiger partial charge in [0.05, 0.1) is 20.8 Å². The Hall–Kier alpha value is -3.02. The fraction of sp³-hybridized carbons (Fsp3) is 0.333. The van der Waals surface area contributed by atoms with Crippen molar-refractivity contribution in [3.05, 3.63) is 59.7 Å². The zero-order valence-corrected chi connectivity index (χ0v) is 15.8. The summed E-state index contributed by atoms with van der Waals surface area (Å²) in [6, 6.07) is 14.3. The molecule has 27 heavy (non-hydrogen) atoms. The minimum absolute atomic E-state index is 0.114. The van der Waals surface area contributed by atoms with Crippen LogP contribution in [0.2, 0.25) is 0 Å². The third-order valence-electron chi connectivity index (χ3n) is 4.88. The van der Waals surface area contributed by atoms with Crippen LogP contribution in [0.1, 0.15) is 30.9 Å². The highest BCUT2D eigenvalue weighted by Gasteiger charge is 2.51. The lowest BCUT2D eigenvalue weighted by Crippen LogP contribution is -2.43. The molecule has 1 aliphatic rings. The highest BCUT2D eigenvalue weighted by molar-refractivity contribution is 6.07. The minimum Gasteiger partial charge on any atom is -0.497 e. The number of urea groups is 1. The summed E-state index contributed by atoms with van der Waals surface area (Å²) in [4.78, 5) is 27.3. The summed E-state index contributed by atoms with van der Waals surface area (Å²) in [5.41, 5.74) is 0.477. The number of carbonyl (C=O) groups excluding carboxylic acids is 2. The van der Waals surface area contributed by atoms with Crippen molar-refractivity contribution in [1.82, 2.24) is 10.2 Å². The molecule has 0 saturated carbocycles. The summed E-state index contributed by atoms with van der Waals surface area (Å²) >= 11 is 0. The number of hydrogen-bond acceptors (Lipinski definition) is 4. The van der Waals surface area contributed by atoms with Crippen LogP contribution in [0, 0.1) is 0 Å². The van der Waals surface area contributed by atoms with Crippen molar-refractivity contribution in [2.24, 2.45) is 0 Å². The van der Waals surface area contributed by atoms with E-state index in [0.29, 0.717) is 23.5 Å². The number of ether oxygens (including phenoxy) is 2. The van der Waals surface area contributed by atoms with Crippen LogP contribution < -0.4 is 14.8 Å². The highest BCUT2D eigenvalue weighted by atomic mass is 16.5. The molecule has 0 aromatic heterocycles. The lowest BCUT2D eigenvalue weighted by molar-refractivity contribution is -0.132. The van der Waals surface area contributed by atoms with Gasteiger partial charge in [-0.05, 0) is 30.2 Å². The lowest BCUT2D eigenvalue weighted by atomic mass is 9.85. The van der Waals surface area contributed by atoms with Gasteiger partial charge >= 0.3 is 6.03 Å². The van der Waals surface area contributed by atoms with E-state index in [1.165, 1.54) is 4.90 Å². The van der Waals surface area contributed by atoms with Crippen molar-refractivity contribution in [2.75, 3.05) is 14.2 Å². The largest absolute Gasteiger partial charge is 0.497 e. The third kappa shape index (κ3) is 3.35. The normalized spacial score (nSPS) is 19.1. The summed E-state index contributed by atoms with van der Waals surface area (Å²) in [6.07, 6.45) is 1.30. The highest BCUT2D eigenvalue weighted by Crippen LogP contribution is 2.35. The molecule has 1 N–H and O–H groups in total. The maximum absolute atomic E-state index is 13.4. The van der Waals surface area contributed by atoms with Crippen molar-refractivity contribution in [3.63, 3.8) is 0 Å². The monoisotopic (exact) mass is 368 g/mol. The second kappa shape index (κ2) is 7.70. The number of imide groups is 1. The molecule has 3 amide bonds. The second-order valence-electron chi connectivity index (χ2n) is 6.52. The van der Waals surface area contributed by atoms with E-state index in [9.17, 15) is 9.59 Å². The first-order chi connectivity index (χ1) is 13.1. The Morgan fingerprint density at radius 1 is 1.04 bits per heavy atom. The Kier molecular flexibility index (Phi) is 5.35. The van der Waals surface area contributed by atoms with Crippen LogP contribution in [0.4, 0.5) is 4.79 Å². The topological polar surface area (TPSA) is 67.9 Å². The van der Waals surface area contributed by atoms with E-state index in [1.807, 2.05) is 37.3 Å². The molecule has 2 aromatic rings. The Morgan fingerprint density at radius 2 is 1.78 bits per heavy atom. The van der Waals surface area contributed by atoms with Gasteiger partial charge in [-0.25, -0.2) is 4.79 Å². The maximum atomic E-state index is 13.4. The van der Waals surface area contributed by atoms with Crippen molar-refractivity contribution >= 4 is 11.9 Å². The fourth-order valence-electron chi connectivity index (χ4n) is 3.55. The molecule has 142 valence electrons. The first kappa shape index (κ1) is 18.8. The maximum Gasteiger partial charge on any atom is 0.325 e. The van der Waals surface area contributed by atoms with Gasteiger partial charge < -0.3 is 14.8 Å². The number of amides is 3. The molecule has 1 atom stereocenters. The minimum atomic E-state index is -1.03. The first-order valence-corrected chi connectivity index (χ1v) is 8.96. The Labute approximate surface area is 159 Å². The van der Waals surface area contributed by atoms with Crippen LogP contribution in [0.5, 0.6) is 11.5 Å². The van der Waals surface area contributed by atoms with E-state index in [-0.39, 0.29) is 12.5 Å². The van der Waals surface area contributed by atoms with E-state index in [2.05, 4.69) is 5.32 Å². The SMILES string of the molecule is CCC[C@@]1(c2ccccc2)NC(=O)N(Cc2cc(OC)ccc2OC)C1=O. The molecular weight excluding hydrogens is 344 g/mol. The van der Waals surface area contributed by atoms with Crippen LogP contribution >= 0.6 is 0 Å². The molecule has 2 aromatic carbocycles. The standard InChI is InChI=1S/C21H24N2O4/c1-4-12-21(16-8-6-5-7-9-16)19(24)23(20(25)22-21)14-15-13-17(26-2)10-11-18(15)27-3/h5-11,13H,4,12,14H2,1-3H3,(H,22,25)/t21-/m0/s1. The quantitative estimate of drug-likeness (QED) is 0.760. The number of carbonyl (C=O) groups is 2. The molecule has 6 heteroatoms. The van der Waals surface area contributed by atoms with Crippen molar-refractivity contribution < 1.29 is 19.1 Å². The van der Waals surface area contributed by atoms with Crippen LogP contribution in [-0.4, -0.2) is 31.1 Å². The number of nitrogens with zero attached hydrogens (tertiary/aromatic N) is 1. The van der Waals surface area contributed by atoms with Crippen molar-refractivity contribution in [1.29, 1.82) is 0 Å². The average Bonchev–Trinajstić information content (AvgIpc) is 2.94. The van der Waals surface area contributed by atoms with Crippen LogP contribution in [0.25, 0.3) is 0 Å². The summed E-state index contributed by atoms with van der Waals surface area (Å²) in [5, 5.41) is 2.94. The van der Waals surface area contributed by atoms with Crippen LogP contribution in [0.15, 0.2) is 48.5 Å². The smallest absolute Gasteiger partial charge is 0.325 e. The molecule has 6 nitrogen and oxygen atoms in total. The fourth-order valence-corrected chi connectivity index (χ4v) is 3.55. The first-order valence-electron chi connectivity index (χ1n) is 8.96. The van der Waals surface area contributed by atoms with Gasteiger partial charge in [-0.15, -0.1) is 0 Å². The molecule has 0 radical (unpaired) electrons. The van der Waals surface area contributed by atoms with Gasteiger partial charge in [-0.2, -0.15) is 0 Å². The molecule has 0 bridgehead atoms. The second-order valence-corrected chi connectivity index (χ2v) is 6.52. The average molecular weight is 368 g/mol. The molecule has 0 unspecified atom stereocenters. The molecular formula is C21H24N2O4. The van der Waals surface area contributed by atoms with Gasteiger partial charge in [0.25, 0.3) is 5.91 Å². The van der Waals surface area contributed by atoms with Gasteiger partial charge in [-0.3, -0.25) is 9.69 Å². The van der Waals surface area contributed by atoms with Gasteiger partial charge in [-0.1, -0.05) is 43.7 Å². The zero-order valence-electron chi connectivity index (χ0n) is 15.8. The Balaban J connectivity index is 1.97. The zero-order chi connectivity index (χ0) is 19.4. The predicted octanol–water partition coefficient (Wildman–Crippen LogP) is 3.45. The van der Waals surface area contributed by atoms with Crippen molar-refractivity contribution in [3.8, 4) is 11.5 Å². The van der Waals surface area contributed by atoms with Crippen LogP contribution in [0.3, 0.4) is 0 Å². The molecule has 3 rings (SSSR count). The number of hydrogen-bond donors (Lipinski definition) is 1. The van der Waals surface area contributed by atoms with Gasteiger partial charge in [0.2, 0.25) is 0 Å². The number of benzene rings is 2. The van der Waals surface area contributed by atoms with Gasteiger partial charge in [0.1, 0.15) is 17.0 Å². The molecule has 1 aliphatic heterocycles. The Bertz CT molecular complexity index is 837. The summed E-state index contributed by atoms with van der Waals surface area (Å²) in [7, 11) is 3.13. The Morgan fingerprint density at radius 3 is 2.41 bits per heavy atom. The number of methoxy groups -OCH3 is 2. The molecule has 0 aliphatic carbocycles. The number of rotatable bonds is 7. The third-order valence-corrected chi connectivity index (χ3v) is 4.88. The van der Waals surface area contributed by atoms with Gasteiger partial charge in [0, 0.05) is 5.56 Å². The summed E-state index contributed by atoms with van der Waals surface area (Å²) < 4.78 is 10.6. The van der Waals surface area contributed by atoms with Crippen LogP contribution in [-0.2, 0) is 16.9 Å². The van der Waals surface area contributed by atoms with Crippen molar-refractivity contribution in [2.45, 2.75) is 31.8 Å².